The summed E-state index contributed by atoms with van der Waals surface area (Å²) in [6.45, 7) is 1.87. The molecule has 12 heavy (non-hydrogen) atoms. The molecule has 1 aromatic heterocycles. The fourth-order valence-electron chi connectivity index (χ4n) is 0.848. The van der Waals surface area contributed by atoms with Crippen LogP contribution < -0.4 is 0 Å². The topological polar surface area (TPSA) is 33.1 Å². The zero-order valence-corrected chi connectivity index (χ0v) is 7.54. The van der Waals surface area contributed by atoms with Crippen molar-refractivity contribution in [3.05, 3.63) is 29.6 Å². The van der Waals surface area contributed by atoms with E-state index in [1.807, 2.05) is 6.92 Å². The Morgan fingerprint density at radius 1 is 1.58 bits per heavy atom. The highest BCUT2D eigenvalue weighted by Crippen LogP contribution is 2.15. The number of nitrogens with zero attached hydrogens (tertiary/aromatic N) is 1. The van der Waals surface area contributed by atoms with Crippen LogP contribution in [0.4, 0.5) is 0 Å². The van der Waals surface area contributed by atoms with Crippen molar-refractivity contribution in [2.45, 2.75) is 6.92 Å². The number of hydrogen-bond acceptors (Lipinski definition) is 2. The number of pyridine rings is 1. The summed E-state index contributed by atoms with van der Waals surface area (Å²) in [6, 6.07) is 3.38. The van der Waals surface area contributed by atoms with Gasteiger partial charge in [-0.3, -0.25) is 0 Å². The first-order valence-electron chi connectivity index (χ1n) is 3.63. The number of halogens is 1. The molecular weight excluding hydrogens is 174 g/mol. The van der Waals surface area contributed by atoms with Crippen molar-refractivity contribution < 1.29 is 5.11 Å². The van der Waals surface area contributed by atoms with Crippen molar-refractivity contribution >= 4 is 17.7 Å². The van der Waals surface area contributed by atoms with Crippen LogP contribution in [0, 0.1) is 6.92 Å². The van der Waals surface area contributed by atoms with Gasteiger partial charge in [0.1, 0.15) is 11.4 Å². The minimum absolute atomic E-state index is 0.182. The van der Waals surface area contributed by atoms with Crippen LogP contribution in [0.5, 0.6) is 5.75 Å². The van der Waals surface area contributed by atoms with Gasteiger partial charge in [0.25, 0.3) is 0 Å². The SMILES string of the molecule is Cc1ccc(O)c(C=CCCl)n1. The molecule has 0 aliphatic rings. The summed E-state index contributed by atoms with van der Waals surface area (Å²) in [5, 5.41) is 9.30. The van der Waals surface area contributed by atoms with Crippen LogP contribution in [0.2, 0.25) is 0 Å². The van der Waals surface area contributed by atoms with Crippen LogP contribution in [0.25, 0.3) is 6.08 Å². The van der Waals surface area contributed by atoms with Gasteiger partial charge in [-0.05, 0) is 25.1 Å². The molecule has 0 aliphatic carbocycles. The second-order valence-corrected chi connectivity index (χ2v) is 2.72. The Morgan fingerprint density at radius 3 is 3.00 bits per heavy atom. The van der Waals surface area contributed by atoms with E-state index in [9.17, 15) is 5.11 Å². The summed E-state index contributed by atoms with van der Waals surface area (Å²) in [7, 11) is 0. The summed E-state index contributed by atoms with van der Waals surface area (Å²) < 4.78 is 0. The van der Waals surface area contributed by atoms with Gasteiger partial charge in [0.05, 0.1) is 0 Å². The van der Waals surface area contributed by atoms with Gasteiger partial charge in [-0.25, -0.2) is 4.98 Å². The van der Waals surface area contributed by atoms with Crippen LogP contribution in [0.1, 0.15) is 11.4 Å². The average Bonchev–Trinajstić information content (AvgIpc) is 2.07. The molecule has 0 atom stereocenters. The van der Waals surface area contributed by atoms with Gasteiger partial charge >= 0.3 is 0 Å². The first-order chi connectivity index (χ1) is 5.74. The zero-order valence-electron chi connectivity index (χ0n) is 6.79. The van der Waals surface area contributed by atoms with Crippen molar-refractivity contribution in [1.29, 1.82) is 0 Å². The van der Waals surface area contributed by atoms with Gasteiger partial charge in [0, 0.05) is 11.6 Å². The second-order valence-electron chi connectivity index (χ2n) is 2.41. The molecule has 0 saturated carbocycles. The minimum Gasteiger partial charge on any atom is -0.506 e. The Morgan fingerprint density at radius 2 is 2.33 bits per heavy atom. The van der Waals surface area contributed by atoms with Gasteiger partial charge in [-0.1, -0.05) is 6.08 Å². The van der Waals surface area contributed by atoms with E-state index in [-0.39, 0.29) is 5.75 Å². The summed E-state index contributed by atoms with van der Waals surface area (Å²) in [5.41, 5.74) is 1.44. The molecule has 1 aromatic rings. The van der Waals surface area contributed by atoms with E-state index < -0.39 is 0 Å². The molecule has 0 amide bonds. The molecule has 3 heteroatoms. The molecule has 1 rings (SSSR count). The van der Waals surface area contributed by atoms with Crippen LogP contribution in [0.15, 0.2) is 18.2 Å². The van der Waals surface area contributed by atoms with Crippen molar-refractivity contribution in [3.63, 3.8) is 0 Å². The molecule has 0 spiro atoms. The molecule has 1 heterocycles. The van der Waals surface area contributed by atoms with E-state index >= 15 is 0 Å². The third-order valence-corrected chi connectivity index (χ3v) is 1.58. The van der Waals surface area contributed by atoms with Gasteiger partial charge in [0.2, 0.25) is 0 Å². The summed E-state index contributed by atoms with van der Waals surface area (Å²) in [6.07, 6.45) is 3.44. The number of aryl methyl sites for hydroxylation is 1. The molecule has 0 radical (unpaired) electrons. The van der Waals surface area contributed by atoms with Crippen molar-refractivity contribution in [2.75, 3.05) is 5.88 Å². The average molecular weight is 184 g/mol. The van der Waals surface area contributed by atoms with Gasteiger partial charge in [0.15, 0.2) is 0 Å². The Hall–Kier alpha value is -1.02. The van der Waals surface area contributed by atoms with E-state index in [0.717, 1.165) is 5.69 Å². The largest absolute Gasteiger partial charge is 0.506 e. The van der Waals surface area contributed by atoms with Crippen molar-refractivity contribution in [3.8, 4) is 5.75 Å². The van der Waals surface area contributed by atoms with Crippen LogP contribution >= 0.6 is 11.6 Å². The smallest absolute Gasteiger partial charge is 0.141 e. The molecular formula is C9H10ClNO. The van der Waals surface area contributed by atoms with E-state index in [1.165, 1.54) is 0 Å². The number of rotatable bonds is 2. The molecule has 0 bridgehead atoms. The van der Waals surface area contributed by atoms with Crippen LogP contribution in [-0.4, -0.2) is 16.0 Å². The van der Waals surface area contributed by atoms with Gasteiger partial charge in [-0.15, -0.1) is 11.6 Å². The Labute approximate surface area is 76.5 Å². The maximum atomic E-state index is 9.30. The molecule has 1 N–H and O–H groups in total. The van der Waals surface area contributed by atoms with Crippen LogP contribution in [0.3, 0.4) is 0 Å². The number of alkyl halides is 1. The number of aromatic nitrogens is 1. The predicted octanol–water partition coefficient (Wildman–Crippen LogP) is 2.35. The third kappa shape index (κ3) is 2.24. The molecule has 0 fully saturated rings. The number of aromatic hydroxyl groups is 1. The van der Waals surface area contributed by atoms with Crippen molar-refractivity contribution in [1.82, 2.24) is 4.98 Å². The van der Waals surface area contributed by atoms with Crippen LogP contribution in [-0.2, 0) is 0 Å². The Bertz CT molecular complexity index is 297. The Balaban J connectivity index is 2.97. The maximum absolute atomic E-state index is 9.30. The van der Waals surface area contributed by atoms with Gasteiger partial charge in [-0.2, -0.15) is 0 Å². The number of allylic oxidation sites excluding steroid dienone is 1. The lowest BCUT2D eigenvalue weighted by atomic mass is 10.2. The first-order valence-corrected chi connectivity index (χ1v) is 4.16. The van der Waals surface area contributed by atoms with E-state index in [0.29, 0.717) is 11.6 Å². The molecule has 64 valence electrons. The lowest BCUT2D eigenvalue weighted by Crippen LogP contribution is -1.85. The molecule has 0 saturated heterocycles. The second kappa shape index (κ2) is 4.12. The standard InChI is InChI=1S/C9H10ClNO/c1-7-4-5-9(12)8(11-7)3-2-6-10/h2-5,12H,6H2,1H3. The minimum atomic E-state index is 0.182. The predicted molar refractivity (Wildman–Crippen MR) is 50.4 cm³/mol. The molecule has 0 unspecified atom stereocenters. The van der Waals surface area contributed by atoms with E-state index in [2.05, 4.69) is 4.98 Å². The lowest BCUT2D eigenvalue weighted by Gasteiger charge is -1.98. The highest BCUT2D eigenvalue weighted by Gasteiger charge is 1.97. The van der Waals surface area contributed by atoms with Gasteiger partial charge < -0.3 is 5.11 Å². The third-order valence-electron chi connectivity index (χ3n) is 1.41. The number of hydrogen-bond donors (Lipinski definition) is 1. The quantitative estimate of drug-likeness (QED) is 0.714. The highest BCUT2D eigenvalue weighted by molar-refractivity contribution is 6.19. The first kappa shape index (κ1) is 9.07. The maximum Gasteiger partial charge on any atom is 0.141 e. The lowest BCUT2D eigenvalue weighted by molar-refractivity contribution is 0.471. The molecule has 0 aromatic carbocycles. The molecule has 0 aliphatic heterocycles. The van der Waals surface area contributed by atoms with E-state index in [1.54, 1.807) is 24.3 Å². The summed E-state index contributed by atoms with van der Waals surface area (Å²) >= 11 is 5.45. The fraction of sp³-hybridized carbons (Fsp3) is 0.222. The molecule has 2 nitrogen and oxygen atoms in total. The van der Waals surface area contributed by atoms with Crippen molar-refractivity contribution in [2.24, 2.45) is 0 Å². The Kier molecular flexibility index (Phi) is 3.11. The van der Waals surface area contributed by atoms with E-state index in [4.69, 9.17) is 11.6 Å². The normalized spacial score (nSPS) is 10.8. The zero-order chi connectivity index (χ0) is 8.97. The monoisotopic (exact) mass is 183 g/mol. The summed E-state index contributed by atoms with van der Waals surface area (Å²) in [5.74, 6) is 0.608. The highest BCUT2D eigenvalue weighted by atomic mass is 35.5. The fourth-order valence-corrected chi connectivity index (χ4v) is 0.937. The summed E-state index contributed by atoms with van der Waals surface area (Å²) in [4.78, 5) is 4.11.